The zero-order valence-corrected chi connectivity index (χ0v) is 16.1. The molecule has 0 amide bonds. The molecule has 1 aliphatic heterocycles. The zero-order chi connectivity index (χ0) is 16.8. The maximum atomic E-state index is 4.41. The first-order valence-corrected chi connectivity index (χ1v) is 9.93. The molecule has 1 saturated heterocycles. The fourth-order valence-corrected chi connectivity index (χ4v) is 3.88. The van der Waals surface area contributed by atoms with Gasteiger partial charge in [-0.15, -0.1) is 0 Å². The third-order valence-electron chi connectivity index (χ3n) is 5.22. The molecule has 1 aliphatic carbocycles. The number of piperidine rings is 1. The van der Waals surface area contributed by atoms with Crippen LogP contribution in [-0.4, -0.2) is 47.6 Å². The second-order valence-electron chi connectivity index (χ2n) is 6.98. The molecule has 3 rings (SSSR count). The Hall–Kier alpha value is -1.12. The predicted octanol–water partition coefficient (Wildman–Crippen LogP) is 3.72. The zero-order valence-electron chi connectivity index (χ0n) is 14.5. The minimum Gasteiger partial charge on any atom is -0.341 e. The number of anilines is 1. The van der Waals surface area contributed by atoms with Gasteiger partial charge in [0.15, 0.2) is 0 Å². The Morgan fingerprint density at radius 2 is 1.79 bits per heavy atom. The minimum absolute atomic E-state index is 0.534. The van der Waals surface area contributed by atoms with Crippen molar-refractivity contribution in [1.29, 1.82) is 0 Å². The lowest BCUT2D eigenvalue weighted by Gasteiger charge is -2.33. The molecule has 0 N–H and O–H groups in total. The lowest BCUT2D eigenvalue weighted by atomic mass is 9.86. The average Bonchev–Trinajstić information content (AvgIpc) is 2.63. The summed E-state index contributed by atoms with van der Waals surface area (Å²) < 4.78 is 0.923. The summed E-state index contributed by atoms with van der Waals surface area (Å²) in [4.78, 5) is 13.5. The molecule has 24 heavy (non-hydrogen) atoms. The van der Waals surface area contributed by atoms with E-state index in [4.69, 9.17) is 0 Å². The Morgan fingerprint density at radius 3 is 2.46 bits per heavy atom. The Labute approximate surface area is 154 Å². The normalized spacial score (nSPS) is 24.9. The topological polar surface area (TPSA) is 32.3 Å². The molecule has 2 aliphatic rings. The molecule has 2 heterocycles. The smallest absolute Gasteiger partial charge is 0.225 e. The number of hydrogen-bond donors (Lipinski definition) is 0. The molecule has 2 fully saturated rings. The molecular weight excluding hydrogens is 364 g/mol. The van der Waals surface area contributed by atoms with Gasteiger partial charge in [0.25, 0.3) is 0 Å². The van der Waals surface area contributed by atoms with Gasteiger partial charge in [0, 0.05) is 31.4 Å². The molecular formula is C19H27BrN4. The van der Waals surface area contributed by atoms with E-state index in [0.717, 1.165) is 17.0 Å². The Balaban J connectivity index is 1.44. The van der Waals surface area contributed by atoms with Gasteiger partial charge in [0.1, 0.15) is 0 Å². The first-order chi connectivity index (χ1) is 11.7. The molecule has 0 atom stereocenters. The first kappa shape index (κ1) is 17.7. The van der Waals surface area contributed by atoms with Crippen LogP contribution < -0.4 is 4.90 Å². The number of nitrogens with zero attached hydrogens (tertiary/aromatic N) is 4. The summed E-state index contributed by atoms with van der Waals surface area (Å²) in [6.45, 7) is 3.44. The van der Waals surface area contributed by atoms with Crippen LogP contribution in [0.1, 0.15) is 44.9 Å². The standard InChI is InChI=1S/C19H27BrN4/c1-23(19-21-14-17(20)15-22-19)18-9-7-16(8-10-18)6-5-13-24-11-3-2-4-12-24/h14-16,18H,2-4,7-13H2,1H3/t16-,18-. The van der Waals surface area contributed by atoms with E-state index < -0.39 is 0 Å². The summed E-state index contributed by atoms with van der Waals surface area (Å²) in [7, 11) is 2.11. The van der Waals surface area contributed by atoms with E-state index in [1.54, 1.807) is 0 Å². The van der Waals surface area contributed by atoms with Gasteiger partial charge in [-0.2, -0.15) is 0 Å². The van der Waals surface area contributed by atoms with Gasteiger partial charge in [-0.3, -0.25) is 4.90 Å². The van der Waals surface area contributed by atoms with E-state index in [1.807, 2.05) is 12.4 Å². The van der Waals surface area contributed by atoms with E-state index in [1.165, 1.54) is 58.0 Å². The van der Waals surface area contributed by atoms with Crippen molar-refractivity contribution in [2.24, 2.45) is 5.92 Å². The molecule has 0 unspecified atom stereocenters. The summed E-state index contributed by atoms with van der Waals surface area (Å²) in [6, 6.07) is 0.534. The van der Waals surface area contributed by atoms with Crippen LogP contribution >= 0.6 is 15.9 Å². The van der Waals surface area contributed by atoms with Crippen molar-refractivity contribution in [2.75, 3.05) is 31.6 Å². The quantitative estimate of drug-likeness (QED) is 0.736. The third kappa shape index (κ3) is 4.94. The van der Waals surface area contributed by atoms with Gasteiger partial charge < -0.3 is 4.90 Å². The van der Waals surface area contributed by atoms with Crippen molar-refractivity contribution in [2.45, 2.75) is 51.0 Å². The van der Waals surface area contributed by atoms with Crippen LogP contribution in [0, 0.1) is 17.8 Å². The average molecular weight is 391 g/mol. The second kappa shape index (κ2) is 8.82. The highest BCUT2D eigenvalue weighted by Gasteiger charge is 2.24. The first-order valence-electron chi connectivity index (χ1n) is 9.13. The summed E-state index contributed by atoms with van der Waals surface area (Å²) >= 11 is 3.39. The van der Waals surface area contributed by atoms with Crippen molar-refractivity contribution >= 4 is 21.9 Å². The van der Waals surface area contributed by atoms with Crippen molar-refractivity contribution in [3.05, 3.63) is 16.9 Å². The van der Waals surface area contributed by atoms with E-state index in [2.05, 4.69) is 54.6 Å². The number of likely N-dealkylation sites (tertiary alicyclic amines) is 1. The molecule has 0 bridgehead atoms. The maximum Gasteiger partial charge on any atom is 0.225 e. The SMILES string of the molecule is CN(c1ncc(Br)cn1)[C@H]1CC[C@H](C#CCN2CCCCC2)CC1. The number of halogens is 1. The Bertz CT molecular complexity index is 563. The molecule has 4 nitrogen and oxygen atoms in total. The number of aromatic nitrogens is 2. The van der Waals surface area contributed by atoms with Gasteiger partial charge >= 0.3 is 0 Å². The van der Waals surface area contributed by atoms with Crippen molar-refractivity contribution < 1.29 is 0 Å². The summed E-state index contributed by atoms with van der Waals surface area (Å²) in [5, 5.41) is 0. The van der Waals surface area contributed by atoms with Crippen molar-refractivity contribution in [1.82, 2.24) is 14.9 Å². The van der Waals surface area contributed by atoms with Crippen molar-refractivity contribution in [3.8, 4) is 11.8 Å². The maximum absolute atomic E-state index is 4.41. The minimum atomic E-state index is 0.534. The third-order valence-corrected chi connectivity index (χ3v) is 5.63. The Morgan fingerprint density at radius 1 is 1.12 bits per heavy atom. The summed E-state index contributed by atoms with van der Waals surface area (Å²) in [6.07, 6.45) is 12.5. The lowest BCUT2D eigenvalue weighted by molar-refractivity contribution is 0.255. The molecule has 1 aromatic rings. The van der Waals surface area contributed by atoms with E-state index in [0.29, 0.717) is 12.0 Å². The Kier molecular flexibility index (Phi) is 6.51. The fraction of sp³-hybridized carbons (Fsp3) is 0.684. The van der Waals surface area contributed by atoms with Crippen LogP contribution in [0.5, 0.6) is 0 Å². The monoisotopic (exact) mass is 390 g/mol. The fourth-order valence-electron chi connectivity index (χ4n) is 3.68. The molecule has 5 heteroatoms. The number of rotatable bonds is 3. The van der Waals surface area contributed by atoms with Gasteiger partial charge in [0.05, 0.1) is 11.0 Å². The summed E-state index contributed by atoms with van der Waals surface area (Å²) in [5.41, 5.74) is 0. The molecule has 0 radical (unpaired) electrons. The van der Waals surface area contributed by atoms with Gasteiger partial charge in [-0.1, -0.05) is 18.3 Å². The van der Waals surface area contributed by atoms with Crippen LogP contribution in [0.4, 0.5) is 5.95 Å². The highest BCUT2D eigenvalue weighted by molar-refractivity contribution is 9.10. The molecule has 0 spiro atoms. The second-order valence-corrected chi connectivity index (χ2v) is 7.89. The molecule has 130 valence electrons. The van der Waals surface area contributed by atoms with E-state index in [9.17, 15) is 0 Å². The molecule has 1 aromatic heterocycles. The van der Waals surface area contributed by atoms with Gasteiger partial charge in [-0.25, -0.2) is 9.97 Å². The number of hydrogen-bond acceptors (Lipinski definition) is 4. The van der Waals surface area contributed by atoms with Crippen LogP contribution in [-0.2, 0) is 0 Å². The van der Waals surface area contributed by atoms with Crippen LogP contribution in [0.15, 0.2) is 16.9 Å². The van der Waals surface area contributed by atoms with Gasteiger partial charge in [-0.05, 0) is 67.5 Å². The molecule has 0 aromatic carbocycles. The highest BCUT2D eigenvalue weighted by atomic mass is 79.9. The largest absolute Gasteiger partial charge is 0.341 e. The lowest BCUT2D eigenvalue weighted by Crippen LogP contribution is -2.36. The van der Waals surface area contributed by atoms with Crippen LogP contribution in [0.2, 0.25) is 0 Å². The van der Waals surface area contributed by atoms with Crippen LogP contribution in [0.25, 0.3) is 0 Å². The highest BCUT2D eigenvalue weighted by Crippen LogP contribution is 2.28. The molecule has 1 saturated carbocycles. The predicted molar refractivity (Wildman–Crippen MR) is 102 cm³/mol. The summed E-state index contributed by atoms with van der Waals surface area (Å²) in [5.74, 6) is 8.36. The van der Waals surface area contributed by atoms with Gasteiger partial charge in [0.2, 0.25) is 5.95 Å². The van der Waals surface area contributed by atoms with Crippen molar-refractivity contribution in [3.63, 3.8) is 0 Å². The van der Waals surface area contributed by atoms with E-state index in [-0.39, 0.29) is 0 Å². The van der Waals surface area contributed by atoms with Crippen LogP contribution in [0.3, 0.4) is 0 Å². The van der Waals surface area contributed by atoms with E-state index >= 15 is 0 Å².